The molecule has 0 aliphatic rings. The molecule has 4 heteroatoms. The Labute approximate surface area is 193 Å². The number of halogens is 2. The molecule has 0 spiro atoms. The van der Waals surface area contributed by atoms with Crippen LogP contribution in [0.4, 0.5) is 0 Å². The lowest BCUT2D eigenvalue weighted by Gasteiger charge is -2.02. The van der Waals surface area contributed by atoms with Gasteiger partial charge in [0.15, 0.2) is 0 Å². The average Bonchev–Trinajstić information content (AvgIpc) is 2.79. The molecule has 2 aromatic heterocycles. The van der Waals surface area contributed by atoms with Crippen LogP contribution in [-0.4, -0.2) is 9.97 Å². The molecule has 30 heavy (non-hydrogen) atoms. The molecule has 2 heterocycles. The van der Waals surface area contributed by atoms with Crippen LogP contribution in [-0.2, 0) is 0 Å². The first-order valence-electron chi connectivity index (χ1n) is 9.45. The third-order valence-corrected chi connectivity index (χ3v) is 5.57. The van der Waals surface area contributed by atoms with E-state index in [4.69, 9.17) is 0 Å². The molecule has 0 unspecified atom stereocenters. The van der Waals surface area contributed by atoms with Crippen LogP contribution in [0.2, 0.25) is 0 Å². The Morgan fingerprint density at radius 2 is 0.767 bits per heavy atom. The first-order valence-corrected chi connectivity index (χ1v) is 11.0. The van der Waals surface area contributed by atoms with Crippen molar-refractivity contribution in [1.29, 1.82) is 0 Å². The van der Waals surface area contributed by atoms with Gasteiger partial charge in [-0.2, -0.15) is 0 Å². The van der Waals surface area contributed by atoms with Crippen LogP contribution in [0.5, 0.6) is 0 Å². The number of pyridine rings is 2. The minimum atomic E-state index is 0.860. The van der Waals surface area contributed by atoms with Crippen LogP contribution < -0.4 is 0 Å². The van der Waals surface area contributed by atoms with Crippen molar-refractivity contribution >= 4 is 56.2 Å². The summed E-state index contributed by atoms with van der Waals surface area (Å²) in [7, 11) is 0. The summed E-state index contributed by atoms with van der Waals surface area (Å²) in [6.45, 7) is 0. The van der Waals surface area contributed by atoms with E-state index in [1.807, 2.05) is 48.8 Å². The van der Waals surface area contributed by atoms with Crippen LogP contribution >= 0.6 is 31.9 Å². The molecule has 0 bridgehead atoms. The minimum absolute atomic E-state index is 0.860. The maximum Gasteiger partial charge on any atom is 0.0886 e. The van der Waals surface area contributed by atoms with Crippen molar-refractivity contribution in [2.45, 2.75) is 0 Å². The Kier molecular flexibility index (Phi) is 6.67. The molecule has 0 N–H and O–H groups in total. The fraction of sp³-hybridized carbons (Fsp3) is 0. The third kappa shape index (κ3) is 5.62. The van der Waals surface area contributed by atoms with Crippen molar-refractivity contribution in [1.82, 2.24) is 9.97 Å². The summed E-state index contributed by atoms with van der Waals surface area (Å²) in [5, 5.41) is 0. The van der Waals surface area contributed by atoms with Gasteiger partial charge in [0, 0.05) is 21.3 Å². The molecule has 0 aliphatic heterocycles. The fourth-order valence-corrected chi connectivity index (χ4v) is 3.37. The molecule has 0 aliphatic carbocycles. The SMILES string of the molecule is Brc1ccc(C=Cc2ccc(-c3ccc(C=Cc4ccc(Br)cc4)cn3)nc2)cc1. The Bertz CT molecular complexity index is 1060. The lowest BCUT2D eigenvalue weighted by molar-refractivity contribution is 1.24. The molecule has 4 rings (SSSR count). The van der Waals surface area contributed by atoms with Crippen molar-refractivity contribution in [3.8, 4) is 11.4 Å². The lowest BCUT2D eigenvalue weighted by atomic mass is 10.1. The second kappa shape index (κ2) is 9.79. The van der Waals surface area contributed by atoms with Crippen molar-refractivity contribution < 1.29 is 0 Å². The lowest BCUT2D eigenvalue weighted by Crippen LogP contribution is -1.88. The largest absolute Gasteiger partial charge is 0.254 e. The van der Waals surface area contributed by atoms with E-state index in [0.29, 0.717) is 0 Å². The summed E-state index contributed by atoms with van der Waals surface area (Å²) in [6, 6.07) is 24.5. The highest BCUT2D eigenvalue weighted by Gasteiger charge is 2.01. The molecule has 4 aromatic rings. The van der Waals surface area contributed by atoms with Gasteiger partial charge in [-0.1, -0.05) is 92.6 Å². The first-order chi connectivity index (χ1) is 14.7. The highest BCUT2D eigenvalue weighted by Crippen LogP contribution is 2.18. The van der Waals surface area contributed by atoms with Gasteiger partial charge in [0.2, 0.25) is 0 Å². The van der Waals surface area contributed by atoms with Gasteiger partial charge in [0.25, 0.3) is 0 Å². The molecule has 2 aromatic carbocycles. The predicted molar refractivity (Wildman–Crippen MR) is 134 cm³/mol. The van der Waals surface area contributed by atoms with Crippen LogP contribution in [0.15, 0.2) is 94.1 Å². The zero-order chi connectivity index (χ0) is 20.8. The van der Waals surface area contributed by atoms with Gasteiger partial charge in [0.05, 0.1) is 11.4 Å². The van der Waals surface area contributed by atoms with E-state index < -0.39 is 0 Å². The van der Waals surface area contributed by atoms with Gasteiger partial charge in [0.1, 0.15) is 0 Å². The molecule has 146 valence electrons. The summed E-state index contributed by atoms with van der Waals surface area (Å²) in [5.74, 6) is 0. The topological polar surface area (TPSA) is 25.8 Å². The summed E-state index contributed by atoms with van der Waals surface area (Å²) in [4.78, 5) is 9.13. The predicted octanol–water partition coefficient (Wildman–Crippen LogP) is 8.01. The van der Waals surface area contributed by atoms with Gasteiger partial charge in [-0.15, -0.1) is 0 Å². The van der Waals surface area contributed by atoms with Gasteiger partial charge in [-0.25, -0.2) is 0 Å². The number of aromatic nitrogens is 2. The summed E-state index contributed by atoms with van der Waals surface area (Å²) in [5.41, 5.74) is 6.12. The molecule has 0 saturated carbocycles. The summed E-state index contributed by atoms with van der Waals surface area (Å²) in [6.07, 6.45) is 12.0. The normalized spacial score (nSPS) is 11.4. The molecule has 0 atom stereocenters. The van der Waals surface area contributed by atoms with Crippen molar-refractivity contribution in [3.63, 3.8) is 0 Å². The van der Waals surface area contributed by atoms with Crippen molar-refractivity contribution in [3.05, 3.63) is 116 Å². The van der Waals surface area contributed by atoms with E-state index in [0.717, 1.165) is 42.6 Å². The number of hydrogen-bond donors (Lipinski definition) is 0. The zero-order valence-corrected chi connectivity index (χ0v) is 19.2. The van der Waals surface area contributed by atoms with Crippen LogP contribution in [0, 0.1) is 0 Å². The fourth-order valence-electron chi connectivity index (χ4n) is 2.84. The number of benzene rings is 2. The quantitative estimate of drug-likeness (QED) is 0.268. The standard InChI is InChI=1S/C26H18Br2N2/c27-23-11-5-19(6-12-23)1-3-21-9-15-25(29-17-21)26-16-10-22(18-30-26)4-2-20-7-13-24(28)14-8-20/h1-18H. The Morgan fingerprint density at radius 1 is 0.433 bits per heavy atom. The maximum absolute atomic E-state index is 4.56. The molecule has 0 fully saturated rings. The summed E-state index contributed by atoms with van der Waals surface area (Å²) < 4.78 is 2.15. The van der Waals surface area contributed by atoms with E-state index in [9.17, 15) is 0 Å². The van der Waals surface area contributed by atoms with Crippen LogP contribution in [0.25, 0.3) is 35.7 Å². The Balaban J connectivity index is 1.42. The van der Waals surface area contributed by atoms with Gasteiger partial charge >= 0.3 is 0 Å². The molecule has 0 amide bonds. The molecule has 2 nitrogen and oxygen atoms in total. The van der Waals surface area contributed by atoms with E-state index in [1.54, 1.807) is 0 Å². The van der Waals surface area contributed by atoms with Gasteiger partial charge in [-0.05, 0) is 58.7 Å². The second-order valence-electron chi connectivity index (χ2n) is 6.72. The maximum atomic E-state index is 4.56. The van der Waals surface area contributed by atoms with Crippen molar-refractivity contribution in [2.75, 3.05) is 0 Å². The highest BCUT2D eigenvalue weighted by atomic mass is 79.9. The first kappa shape index (κ1) is 20.5. The van der Waals surface area contributed by atoms with Crippen molar-refractivity contribution in [2.24, 2.45) is 0 Å². The third-order valence-electron chi connectivity index (χ3n) is 4.51. The molecular weight excluding hydrogens is 500 g/mol. The number of nitrogens with zero attached hydrogens (tertiary/aromatic N) is 2. The number of rotatable bonds is 5. The molecular formula is C26H18Br2N2. The Hall–Kier alpha value is -2.82. The molecule has 0 radical (unpaired) electrons. The molecule has 0 saturated heterocycles. The monoisotopic (exact) mass is 516 g/mol. The average molecular weight is 518 g/mol. The van der Waals surface area contributed by atoms with Gasteiger partial charge < -0.3 is 0 Å². The number of hydrogen-bond acceptors (Lipinski definition) is 2. The van der Waals surface area contributed by atoms with E-state index >= 15 is 0 Å². The smallest absolute Gasteiger partial charge is 0.0886 e. The van der Waals surface area contributed by atoms with Crippen LogP contribution in [0.3, 0.4) is 0 Å². The Morgan fingerprint density at radius 3 is 1.10 bits per heavy atom. The highest BCUT2D eigenvalue weighted by molar-refractivity contribution is 9.10. The minimum Gasteiger partial charge on any atom is -0.254 e. The van der Waals surface area contributed by atoms with Gasteiger partial charge in [-0.3, -0.25) is 9.97 Å². The van der Waals surface area contributed by atoms with E-state index in [-0.39, 0.29) is 0 Å². The van der Waals surface area contributed by atoms with Crippen LogP contribution in [0.1, 0.15) is 22.3 Å². The summed E-state index contributed by atoms with van der Waals surface area (Å²) >= 11 is 6.90. The van der Waals surface area contributed by atoms with E-state index in [1.165, 1.54) is 0 Å². The zero-order valence-electron chi connectivity index (χ0n) is 16.0. The van der Waals surface area contributed by atoms with E-state index in [2.05, 4.69) is 103 Å². The second-order valence-corrected chi connectivity index (χ2v) is 8.55.